The number of alkyl halides is 1. The fraction of sp³-hybridized carbons (Fsp3) is 0.800. The fourth-order valence-corrected chi connectivity index (χ4v) is 2.76. The van der Waals surface area contributed by atoms with Gasteiger partial charge in [0.2, 0.25) is 0 Å². The summed E-state index contributed by atoms with van der Waals surface area (Å²) >= 11 is 5.49. The first-order valence-electron chi connectivity index (χ1n) is 9.81. The normalized spacial score (nSPS) is 13.7. The van der Waals surface area contributed by atoms with Gasteiger partial charge in [-0.05, 0) is 38.5 Å². The van der Waals surface area contributed by atoms with E-state index in [2.05, 4.69) is 6.92 Å². The number of halogens is 1. The smallest absolute Gasteiger partial charge is 0.321 e. The maximum absolute atomic E-state index is 11.4. The van der Waals surface area contributed by atoms with Crippen molar-refractivity contribution < 1.29 is 24.5 Å². The van der Waals surface area contributed by atoms with Gasteiger partial charge in [0, 0.05) is 6.42 Å². The van der Waals surface area contributed by atoms with Gasteiger partial charge in [0.25, 0.3) is 0 Å². The monoisotopic (exact) mass is 390 g/mol. The van der Waals surface area contributed by atoms with Gasteiger partial charge < -0.3 is 14.9 Å². The molecule has 0 spiro atoms. The molecule has 0 radical (unpaired) electrons. The number of hydrogen-bond acceptors (Lipinski definition) is 4. The Morgan fingerprint density at radius 1 is 1.04 bits per heavy atom. The lowest BCUT2D eigenvalue weighted by molar-refractivity contribution is -0.152. The fourth-order valence-electron chi connectivity index (χ4n) is 2.70. The minimum absolute atomic E-state index is 0.195. The number of aliphatic hydroxyl groups is 1. The average Bonchev–Trinajstić information content (AvgIpc) is 2.61. The Morgan fingerprint density at radius 2 is 1.73 bits per heavy atom. The molecule has 2 atom stereocenters. The van der Waals surface area contributed by atoms with Crippen LogP contribution in [-0.4, -0.2) is 40.2 Å². The van der Waals surface area contributed by atoms with E-state index in [0.29, 0.717) is 12.8 Å². The average molecular weight is 391 g/mol. The highest BCUT2D eigenvalue weighted by atomic mass is 35.5. The van der Waals surface area contributed by atoms with Gasteiger partial charge in [0.05, 0.1) is 6.10 Å². The summed E-state index contributed by atoms with van der Waals surface area (Å²) in [5.41, 5.74) is 0. The van der Waals surface area contributed by atoms with Crippen molar-refractivity contribution in [3.8, 4) is 0 Å². The zero-order valence-electron chi connectivity index (χ0n) is 16.0. The van der Waals surface area contributed by atoms with E-state index in [1.807, 2.05) is 12.2 Å². The van der Waals surface area contributed by atoms with Gasteiger partial charge >= 0.3 is 11.9 Å². The molecule has 0 fully saturated rings. The van der Waals surface area contributed by atoms with Crippen molar-refractivity contribution >= 4 is 23.5 Å². The summed E-state index contributed by atoms with van der Waals surface area (Å²) in [5, 5.41) is 18.8. The minimum Gasteiger partial charge on any atom is -0.481 e. The summed E-state index contributed by atoms with van der Waals surface area (Å²) in [6.07, 6.45) is 13.0. The molecule has 2 N–H and O–H groups in total. The van der Waals surface area contributed by atoms with Gasteiger partial charge in [-0.15, -0.1) is 11.6 Å². The lowest BCUT2D eigenvalue weighted by Gasteiger charge is -2.22. The minimum atomic E-state index is -0.726. The van der Waals surface area contributed by atoms with Crippen LogP contribution < -0.4 is 0 Å². The van der Waals surface area contributed by atoms with Gasteiger partial charge in [-0.3, -0.25) is 9.59 Å². The molecule has 0 bridgehead atoms. The third-order valence-corrected chi connectivity index (χ3v) is 4.44. The van der Waals surface area contributed by atoms with E-state index >= 15 is 0 Å². The van der Waals surface area contributed by atoms with Crippen LogP contribution in [-0.2, 0) is 14.3 Å². The highest BCUT2D eigenvalue weighted by Crippen LogP contribution is 2.15. The molecule has 0 amide bonds. The molecule has 0 aromatic rings. The van der Waals surface area contributed by atoms with E-state index in [1.165, 1.54) is 0 Å². The van der Waals surface area contributed by atoms with Crippen molar-refractivity contribution in [3.05, 3.63) is 12.2 Å². The quantitative estimate of drug-likeness (QED) is 0.161. The van der Waals surface area contributed by atoms with Crippen molar-refractivity contribution in [2.45, 2.75) is 96.2 Å². The third-order valence-electron chi connectivity index (χ3n) is 4.22. The lowest BCUT2D eigenvalue weighted by atomic mass is 10.0. The van der Waals surface area contributed by atoms with E-state index in [-0.39, 0.29) is 12.3 Å². The van der Waals surface area contributed by atoms with Crippen LogP contribution in [0.2, 0.25) is 0 Å². The van der Waals surface area contributed by atoms with Crippen molar-refractivity contribution in [1.29, 1.82) is 0 Å². The Bertz CT molecular complexity index is 398. The van der Waals surface area contributed by atoms with Crippen molar-refractivity contribution in [2.75, 3.05) is 5.88 Å². The first-order valence-corrected chi connectivity index (χ1v) is 10.3. The van der Waals surface area contributed by atoms with E-state index in [9.17, 15) is 14.7 Å². The van der Waals surface area contributed by atoms with Crippen molar-refractivity contribution in [3.63, 3.8) is 0 Å². The highest BCUT2D eigenvalue weighted by molar-refractivity contribution is 6.26. The molecule has 2 unspecified atom stereocenters. The maximum atomic E-state index is 11.4. The number of rotatable bonds is 17. The summed E-state index contributed by atoms with van der Waals surface area (Å²) in [6, 6.07) is 0. The van der Waals surface area contributed by atoms with Gasteiger partial charge in [0.1, 0.15) is 12.0 Å². The number of carboxylic acids is 1. The molecule has 6 heteroatoms. The highest BCUT2D eigenvalue weighted by Gasteiger charge is 2.21. The predicted molar refractivity (Wildman–Crippen MR) is 104 cm³/mol. The number of unbranched alkanes of at least 4 members (excludes halogenated alkanes) is 7. The summed E-state index contributed by atoms with van der Waals surface area (Å²) in [7, 11) is 0. The van der Waals surface area contributed by atoms with Gasteiger partial charge in [-0.1, -0.05) is 51.2 Å². The summed E-state index contributed by atoms with van der Waals surface area (Å²) < 4.78 is 5.26. The molecular formula is C20H35ClO5. The molecule has 0 aliphatic carbocycles. The molecule has 0 rings (SSSR count). The second-order valence-corrected chi connectivity index (χ2v) is 6.90. The van der Waals surface area contributed by atoms with Crippen LogP contribution in [0.5, 0.6) is 0 Å². The molecule has 0 aromatic carbocycles. The number of aliphatic hydroxyl groups excluding tert-OH is 1. The Morgan fingerprint density at radius 3 is 2.38 bits per heavy atom. The van der Waals surface area contributed by atoms with Gasteiger partial charge in [-0.2, -0.15) is 0 Å². The molecule has 0 saturated carbocycles. The van der Waals surface area contributed by atoms with Crippen LogP contribution in [0, 0.1) is 0 Å². The summed E-state index contributed by atoms with van der Waals surface area (Å²) in [6.45, 7) is 2.10. The number of carboxylic acid groups (broad SMARTS) is 1. The summed E-state index contributed by atoms with van der Waals surface area (Å²) in [5.74, 6) is -1.41. The Kier molecular flexibility index (Phi) is 16.6. The van der Waals surface area contributed by atoms with Crippen LogP contribution in [0.25, 0.3) is 0 Å². The molecule has 0 saturated heterocycles. The van der Waals surface area contributed by atoms with Crippen LogP contribution in [0.15, 0.2) is 12.2 Å². The topological polar surface area (TPSA) is 83.8 Å². The molecule has 0 aliphatic heterocycles. The molecule has 0 aromatic heterocycles. The Balaban J connectivity index is 3.93. The third kappa shape index (κ3) is 15.2. The number of hydrogen-bond donors (Lipinski definition) is 2. The largest absolute Gasteiger partial charge is 0.481 e. The van der Waals surface area contributed by atoms with Crippen LogP contribution >= 0.6 is 11.6 Å². The standard InChI is InChI=1S/C20H35ClO5/c1-2-3-10-14-18(26-20(25)16-21)17(22)13-11-8-6-4-5-7-9-12-15-19(23)24/h8,11,17-18,22H,2-7,9-10,12-16H2,1H3,(H,23,24)/b11-8-. The number of carbonyl (C=O) groups excluding carboxylic acids is 1. The van der Waals surface area contributed by atoms with Crippen molar-refractivity contribution in [1.82, 2.24) is 0 Å². The van der Waals surface area contributed by atoms with Crippen LogP contribution in [0.3, 0.4) is 0 Å². The first-order chi connectivity index (χ1) is 12.5. The van der Waals surface area contributed by atoms with E-state index in [0.717, 1.165) is 57.8 Å². The Hall–Kier alpha value is -1.07. The molecule has 0 heterocycles. The van der Waals surface area contributed by atoms with E-state index < -0.39 is 24.1 Å². The predicted octanol–water partition coefficient (Wildman–Crippen LogP) is 4.84. The second kappa shape index (κ2) is 17.3. The lowest BCUT2D eigenvalue weighted by Crippen LogP contribution is -2.31. The molecule has 5 nitrogen and oxygen atoms in total. The van der Waals surface area contributed by atoms with Crippen molar-refractivity contribution in [2.24, 2.45) is 0 Å². The zero-order valence-corrected chi connectivity index (χ0v) is 16.8. The zero-order chi connectivity index (χ0) is 19.6. The SMILES string of the molecule is CCCCCC(OC(=O)CCl)C(O)C/C=C\CCCCCCCC(=O)O. The van der Waals surface area contributed by atoms with Gasteiger partial charge in [-0.25, -0.2) is 0 Å². The van der Waals surface area contributed by atoms with Crippen LogP contribution in [0.4, 0.5) is 0 Å². The number of ether oxygens (including phenoxy) is 1. The first kappa shape index (κ1) is 24.9. The van der Waals surface area contributed by atoms with Gasteiger partial charge in [0.15, 0.2) is 0 Å². The number of esters is 1. The molecular weight excluding hydrogens is 356 g/mol. The molecule has 26 heavy (non-hydrogen) atoms. The Labute approximate surface area is 162 Å². The number of carbonyl (C=O) groups is 2. The number of aliphatic carboxylic acids is 1. The molecule has 0 aliphatic rings. The maximum Gasteiger partial charge on any atom is 0.321 e. The van der Waals surface area contributed by atoms with Crippen LogP contribution in [0.1, 0.15) is 84.0 Å². The van der Waals surface area contributed by atoms with E-state index in [1.54, 1.807) is 0 Å². The summed E-state index contributed by atoms with van der Waals surface area (Å²) in [4.78, 5) is 21.8. The van der Waals surface area contributed by atoms with E-state index in [4.69, 9.17) is 21.4 Å². The molecule has 152 valence electrons. The second-order valence-electron chi connectivity index (χ2n) is 6.63. The number of allylic oxidation sites excluding steroid dienone is 1.